The molecular formula is C11H25N3. The minimum absolute atomic E-state index is 0.161. The van der Waals surface area contributed by atoms with Gasteiger partial charge in [-0.3, -0.25) is 9.80 Å². The highest BCUT2D eigenvalue weighted by Crippen LogP contribution is 2.18. The van der Waals surface area contributed by atoms with Crippen molar-refractivity contribution in [2.24, 2.45) is 5.73 Å². The fraction of sp³-hybridized carbons (Fsp3) is 1.00. The molecule has 0 spiro atoms. The monoisotopic (exact) mass is 199 g/mol. The van der Waals surface area contributed by atoms with Crippen LogP contribution in [0.3, 0.4) is 0 Å². The highest BCUT2D eigenvalue weighted by atomic mass is 15.3. The highest BCUT2D eigenvalue weighted by Gasteiger charge is 2.31. The average molecular weight is 199 g/mol. The molecule has 0 aromatic rings. The van der Waals surface area contributed by atoms with Crippen molar-refractivity contribution in [1.82, 2.24) is 9.80 Å². The van der Waals surface area contributed by atoms with Crippen molar-refractivity contribution in [3.8, 4) is 0 Å². The van der Waals surface area contributed by atoms with Crippen molar-refractivity contribution < 1.29 is 0 Å². The fourth-order valence-corrected chi connectivity index (χ4v) is 2.14. The number of likely N-dealkylation sites (N-methyl/N-ethyl adjacent to an activating group) is 1. The molecule has 3 nitrogen and oxygen atoms in total. The van der Waals surface area contributed by atoms with Gasteiger partial charge in [-0.1, -0.05) is 6.92 Å². The molecule has 84 valence electrons. The van der Waals surface area contributed by atoms with Gasteiger partial charge >= 0.3 is 0 Å². The molecule has 14 heavy (non-hydrogen) atoms. The van der Waals surface area contributed by atoms with E-state index in [2.05, 4.69) is 37.5 Å². The van der Waals surface area contributed by atoms with Gasteiger partial charge in [-0.25, -0.2) is 0 Å². The molecule has 0 aliphatic carbocycles. The molecule has 1 aliphatic rings. The van der Waals surface area contributed by atoms with Crippen LogP contribution in [0.1, 0.15) is 27.7 Å². The summed E-state index contributed by atoms with van der Waals surface area (Å²) in [6.07, 6.45) is 0. The molecule has 0 aromatic carbocycles. The lowest BCUT2D eigenvalue weighted by molar-refractivity contribution is 0.0269. The third-order valence-electron chi connectivity index (χ3n) is 3.53. The first kappa shape index (κ1) is 12.0. The third kappa shape index (κ3) is 2.47. The van der Waals surface area contributed by atoms with Gasteiger partial charge in [0.15, 0.2) is 0 Å². The lowest BCUT2D eigenvalue weighted by atomic mass is 10.0. The van der Waals surface area contributed by atoms with Crippen molar-refractivity contribution in [2.45, 2.75) is 39.3 Å². The van der Waals surface area contributed by atoms with Crippen LogP contribution < -0.4 is 5.73 Å². The summed E-state index contributed by atoms with van der Waals surface area (Å²) in [6, 6.07) is 0.666. The minimum atomic E-state index is 0.161. The maximum atomic E-state index is 5.79. The second-order valence-electron chi connectivity index (χ2n) is 4.94. The van der Waals surface area contributed by atoms with E-state index in [9.17, 15) is 0 Å². The first-order valence-electron chi connectivity index (χ1n) is 5.70. The molecule has 1 atom stereocenters. The molecular weight excluding hydrogens is 174 g/mol. The Kier molecular flexibility index (Phi) is 3.93. The van der Waals surface area contributed by atoms with Gasteiger partial charge in [-0.2, -0.15) is 0 Å². The summed E-state index contributed by atoms with van der Waals surface area (Å²) in [4.78, 5) is 5.05. The van der Waals surface area contributed by atoms with Crippen LogP contribution >= 0.6 is 0 Å². The van der Waals surface area contributed by atoms with E-state index in [1.54, 1.807) is 0 Å². The summed E-state index contributed by atoms with van der Waals surface area (Å²) in [6.45, 7) is 14.4. The highest BCUT2D eigenvalue weighted by molar-refractivity contribution is 4.89. The van der Waals surface area contributed by atoms with Crippen LogP contribution in [0.25, 0.3) is 0 Å². The first-order chi connectivity index (χ1) is 6.51. The number of rotatable bonds is 3. The quantitative estimate of drug-likeness (QED) is 0.728. The Morgan fingerprint density at radius 1 is 1.36 bits per heavy atom. The largest absolute Gasteiger partial charge is 0.329 e. The van der Waals surface area contributed by atoms with Crippen molar-refractivity contribution in [3.05, 3.63) is 0 Å². The van der Waals surface area contributed by atoms with Crippen LogP contribution in [-0.2, 0) is 0 Å². The molecule has 0 aromatic heterocycles. The summed E-state index contributed by atoms with van der Waals surface area (Å²) in [7, 11) is 0. The van der Waals surface area contributed by atoms with Gasteiger partial charge in [0.1, 0.15) is 0 Å². The Balaban J connectivity index is 2.54. The van der Waals surface area contributed by atoms with Gasteiger partial charge < -0.3 is 5.73 Å². The number of nitrogens with zero attached hydrogens (tertiary/aromatic N) is 2. The average Bonchev–Trinajstić information content (AvgIpc) is 2.17. The zero-order valence-electron chi connectivity index (χ0n) is 10.1. The molecule has 1 rings (SSSR count). The van der Waals surface area contributed by atoms with E-state index < -0.39 is 0 Å². The summed E-state index contributed by atoms with van der Waals surface area (Å²) in [5.74, 6) is 0. The van der Waals surface area contributed by atoms with E-state index in [1.165, 1.54) is 6.54 Å². The van der Waals surface area contributed by atoms with Gasteiger partial charge in [-0.15, -0.1) is 0 Å². The molecule has 1 saturated heterocycles. The zero-order valence-corrected chi connectivity index (χ0v) is 10.1. The molecule has 0 saturated carbocycles. The van der Waals surface area contributed by atoms with Gasteiger partial charge in [0, 0.05) is 37.8 Å². The summed E-state index contributed by atoms with van der Waals surface area (Å²) in [5.41, 5.74) is 5.96. The Bertz CT molecular complexity index is 179. The second-order valence-corrected chi connectivity index (χ2v) is 4.94. The van der Waals surface area contributed by atoms with Gasteiger partial charge in [-0.05, 0) is 27.3 Å². The second kappa shape index (κ2) is 4.60. The van der Waals surface area contributed by atoms with Crippen LogP contribution in [0, 0.1) is 0 Å². The van der Waals surface area contributed by atoms with Crippen LogP contribution in [0.4, 0.5) is 0 Å². The van der Waals surface area contributed by atoms with Gasteiger partial charge in [0.25, 0.3) is 0 Å². The molecule has 2 N–H and O–H groups in total. The molecule has 1 unspecified atom stereocenters. The maximum Gasteiger partial charge on any atom is 0.0276 e. The van der Waals surface area contributed by atoms with Crippen molar-refractivity contribution in [2.75, 3.05) is 32.7 Å². The van der Waals surface area contributed by atoms with Crippen LogP contribution in [0.15, 0.2) is 0 Å². The van der Waals surface area contributed by atoms with Crippen LogP contribution in [-0.4, -0.2) is 54.1 Å². The summed E-state index contributed by atoms with van der Waals surface area (Å²) < 4.78 is 0. The van der Waals surface area contributed by atoms with Gasteiger partial charge in [0.05, 0.1) is 0 Å². The molecule has 1 heterocycles. The lowest BCUT2D eigenvalue weighted by Crippen LogP contribution is -2.60. The van der Waals surface area contributed by atoms with Crippen LogP contribution in [0.2, 0.25) is 0 Å². The number of hydrogen-bond donors (Lipinski definition) is 1. The Labute approximate surface area is 88.2 Å². The molecule has 1 aliphatic heterocycles. The summed E-state index contributed by atoms with van der Waals surface area (Å²) in [5, 5.41) is 0. The topological polar surface area (TPSA) is 32.5 Å². The number of nitrogens with two attached hydrogens (primary N) is 1. The SMILES string of the molecule is CCN1CCN(C(C)(C)CN)CC1C. The van der Waals surface area contributed by atoms with Crippen molar-refractivity contribution in [1.29, 1.82) is 0 Å². The standard InChI is InChI=1S/C11H25N3/c1-5-13-6-7-14(8-10(13)2)11(3,4)9-12/h10H,5-9,12H2,1-4H3. The van der Waals surface area contributed by atoms with E-state index in [0.717, 1.165) is 26.2 Å². The number of piperazine rings is 1. The van der Waals surface area contributed by atoms with E-state index >= 15 is 0 Å². The maximum absolute atomic E-state index is 5.79. The van der Waals surface area contributed by atoms with E-state index in [0.29, 0.717) is 6.04 Å². The summed E-state index contributed by atoms with van der Waals surface area (Å²) >= 11 is 0. The molecule has 3 heteroatoms. The van der Waals surface area contributed by atoms with Gasteiger partial charge in [0.2, 0.25) is 0 Å². The predicted octanol–water partition coefficient (Wildman–Crippen LogP) is 0.750. The number of hydrogen-bond acceptors (Lipinski definition) is 3. The van der Waals surface area contributed by atoms with Crippen LogP contribution in [0.5, 0.6) is 0 Å². The zero-order chi connectivity index (χ0) is 10.8. The Morgan fingerprint density at radius 3 is 2.43 bits per heavy atom. The van der Waals surface area contributed by atoms with E-state index in [1.807, 2.05) is 0 Å². The smallest absolute Gasteiger partial charge is 0.0276 e. The Hall–Kier alpha value is -0.120. The first-order valence-corrected chi connectivity index (χ1v) is 5.70. The fourth-order valence-electron chi connectivity index (χ4n) is 2.14. The predicted molar refractivity (Wildman–Crippen MR) is 61.4 cm³/mol. The van der Waals surface area contributed by atoms with Crippen molar-refractivity contribution in [3.63, 3.8) is 0 Å². The lowest BCUT2D eigenvalue weighted by Gasteiger charge is -2.46. The molecule has 0 amide bonds. The normalized spacial score (nSPS) is 26.8. The molecule has 1 fully saturated rings. The Morgan fingerprint density at radius 2 is 2.00 bits per heavy atom. The van der Waals surface area contributed by atoms with E-state index in [4.69, 9.17) is 5.73 Å². The van der Waals surface area contributed by atoms with Crippen molar-refractivity contribution >= 4 is 0 Å². The minimum Gasteiger partial charge on any atom is -0.329 e. The third-order valence-corrected chi connectivity index (χ3v) is 3.53. The van der Waals surface area contributed by atoms with E-state index in [-0.39, 0.29) is 5.54 Å². The molecule has 0 radical (unpaired) electrons. The molecule has 0 bridgehead atoms.